The normalized spacial score (nSPS) is 9.83. The second kappa shape index (κ2) is 5.76. The summed E-state index contributed by atoms with van der Waals surface area (Å²) < 4.78 is 0. The average molecular weight is 252 g/mol. The summed E-state index contributed by atoms with van der Waals surface area (Å²) in [6.45, 7) is 1.46. The Hall–Kier alpha value is -2.44. The van der Waals surface area contributed by atoms with Crippen LogP contribution in [0.3, 0.4) is 0 Å². The SMILES string of the molecule is Cc1c(C(=O)NCCC(=O)O)cccc1[N+](=O)[O-]. The number of aliphatic carboxylic acids is 1. The molecule has 0 radical (unpaired) electrons. The summed E-state index contributed by atoms with van der Waals surface area (Å²) in [5.74, 6) is -1.54. The van der Waals surface area contributed by atoms with Gasteiger partial charge < -0.3 is 10.4 Å². The van der Waals surface area contributed by atoms with Gasteiger partial charge in [-0.05, 0) is 13.0 Å². The summed E-state index contributed by atoms with van der Waals surface area (Å²) in [5, 5.41) is 21.5. The number of nitrogens with zero attached hydrogens (tertiary/aromatic N) is 1. The Kier molecular flexibility index (Phi) is 4.36. The third kappa shape index (κ3) is 3.27. The number of rotatable bonds is 5. The molecule has 0 spiro atoms. The maximum atomic E-state index is 11.7. The first-order valence-corrected chi connectivity index (χ1v) is 5.17. The van der Waals surface area contributed by atoms with Crippen molar-refractivity contribution < 1.29 is 19.6 Å². The van der Waals surface area contributed by atoms with Gasteiger partial charge in [-0.1, -0.05) is 6.07 Å². The van der Waals surface area contributed by atoms with Crippen LogP contribution in [0.5, 0.6) is 0 Å². The van der Waals surface area contributed by atoms with Crippen molar-refractivity contribution in [1.82, 2.24) is 5.32 Å². The van der Waals surface area contributed by atoms with Gasteiger partial charge >= 0.3 is 5.97 Å². The molecule has 1 amide bonds. The number of carboxylic acids is 1. The summed E-state index contributed by atoms with van der Waals surface area (Å²) in [4.78, 5) is 32.1. The number of hydrogen-bond acceptors (Lipinski definition) is 4. The fourth-order valence-corrected chi connectivity index (χ4v) is 1.45. The quantitative estimate of drug-likeness (QED) is 0.602. The molecule has 1 aromatic carbocycles. The Morgan fingerprint density at radius 3 is 2.67 bits per heavy atom. The maximum absolute atomic E-state index is 11.7. The van der Waals surface area contributed by atoms with Gasteiger partial charge in [-0.25, -0.2) is 0 Å². The molecule has 0 aliphatic rings. The van der Waals surface area contributed by atoms with Crippen LogP contribution < -0.4 is 5.32 Å². The van der Waals surface area contributed by atoms with Gasteiger partial charge in [0.1, 0.15) is 0 Å². The van der Waals surface area contributed by atoms with Crippen molar-refractivity contribution in [3.8, 4) is 0 Å². The minimum atomic E-state index is -1.02. The van der Waals surface area contributed by atoms with E-state index < -0.39 is 16.8 Å². The molecule has 1 aromatic rings. The van der Waals surface area contributed by atoms with Crippen LogP contribution in [-0.4, -0.2) is 28.5 Å². The zero-order valence-corrected chi connectivity index (χ0v) is 9.67. The van der Waals surface area contributed by atoms with Crippen LogP contribution in [0, 0.1) is 17.0 Å². The third-order valence-corrected chi connectivity index (χ3v) is 2.37. The molecule has 96 valence electrons. The molecule has 0 saturated heterocycles. The van der Waals surface area contributed by atoms with Crippen LogP contribution in [0.2, 0.25) is 0 Å². The first-order chi connectivity index (χ1) is 8.43. The van der Waals surface area contributed by atoms with Crippen LogP contribution in [0.25, 0.3) is 0 Å². The number of carbonyl (C=O) groups is 2. The predicted octanol–water partition coefficient (Wildman–Crippen LogP) is 1.11. The number of nitro groups is 1. The molecule has 0 heterocycles. The van der Waals surface area contributed by atoms with E-state index in [0.29, 0.717) is 0 Å². The molecule has 18 heavy (non-hydrogen) atoms. The first kappa shape index (κ1) is 13.6. The van der Waals surface area contributed by atoms with Gasteiger partial charge in [0, 0.05) is 23.7 Å². The predicted molar refractivity (Wildman–Crippen MR) is 62.4 cm³/mol. The minimum Gasteiger partial charge on any atom is -0.481 e. The molecule has 0 atom stereocenters. The number of amides is 1. The summed E-state index contributed by atoms with van der Waals surface area (Å²) in [6.07, 6.45) is -0.195. The van der Waals surface area contributed by atoms with E-state index in [1.165, 1.54) is 25.1 Å². The number of hydrogen-bond donors (Lipinski definition) is 2. The summed E-state index contributed by atoms with van der Waals surface area (Å²) in [6, 6.07) is 4.18. The topological polar surface area (TPSA) is 110 Å². The zero-order valence-electron chi connectivity index (χ0n) is 9.67. The molecule has 2 N–H and O–H groups in total. The second-order valence-electron chi connectivity index (χ2n) is 3.61. The number of benzene rings is 1. The molecule has 0 bridgehead atoms. The molecule has 7 nitrogen and oxygen atoms in total. The Bertz CT molecular complexity index is 498. The van der Waals surface area contributed by atoms with Crippen LogP contribution in [0.15, 0.2) is 18.2 Å². The molecule has 0 unspecified atom stereocenters. The number of carbonyl (C=O) groups excluding carboxylic acids is 1. The number of nitrogens with one attached hydrogen (secondary N) is 1. The maximum Gasteiger partial charge on any atom is 0.305 e. The van der Waals surface area contributed by atoms with Crippen molar-refractivity contribution >= 4 is 17.6 Å². The highest BCUT2D eigenvalue weighted by atomic mass is 16.6. The van der Waals surface area contributed by atoms with Gasteiger partial charge in [0.25, 0.3) is 11.6 Å². The summed E-state index contributed by atoms with van der Waals surface area (Å²) in [7, 11) is 0. The third-order valence-electron chi connectivity index (χ3n) is 2.37. The lowest BCUT2D eigenvalue weighted by Gasteiger charge is -2.06. The fraction of sp³-hybridized carbons (Fsp3) is 0.273. The molecule has 0 aromatic heterocycles. The Balaban J connectivity index is 2.83. The molecule has 0 aliphatic heterocycles. The van der Waals surface area contributed by atoms with Crippen molar-refractivity contribution in [2.24, 2.45) is 0 Å². The molecule has 0 fully saturated rings. The van der Waals surface area contributed by atoms with Crippen molar-refractivity contribution in [2.75, 3.05) is 6.54 Å². The summed E-state index contributed by atoms with van der Waals surface area (Å²) >= 11 is 0. The van der Waals surface area contributed by atoms with Gasteiger partial charge in [-0.3, -0.25) is 19.7 Å². The van der Waals surface area contributed by atoms with Gasteiger partial charge in [0.05, 0.1) is 11.3 Å². The van der Waals surface area contributed by atoms with Crippen molar-refractivity contribution in [2.45, 2.75) is 13.3 Å². The number of nitro benzene ring substituents is 1. The van der Waals surface area contributed by atoms with E-state index in [0.717, 1.165) is 0 Å². The van der Waals surface area contributed by atoms with Crippen LogP contribution in [-0.2, 0) is 4.79 Å². The van der Waals surface area contributed by atoms with Crippen molar-refractivity contribution in [3.63, 3.8) is 0 Å². The van der Waals surface area contributed by atoms with Crippen molar-refractivity contribution in [3.05, 3.63) is 39.4 Å². The Morgan fingerprint density at radius 2 is 2.11 bits per heavy atom. The van der Waals surface area contributed by atoms with E-state index in [1.54, 1.807) is 0 Å². The monoisotopic (exact) mass is 252 g/mol. The lowest BCUT2D eigenvalue weighted by Crippen LogP contribution is -2.26. The van der Waals surface area contributed by atoms with Crippen molar-refractivity contribution in [1.29, 1.82) is 0 Å². The van der Waals surface area contributed by atoms with E-state index in [2.05, 4.69) is 5.32 Å². The molecule has 0 aliphatic carbocycles. The lowest BCUT2D eigenvalue weighted by atomic mass is 10.1. The molecule has 1 rings (SSSR count). The van der Waals surface area contributed by atoms with E-state index in [9.17, 15) is 19.7 Å². The minimum absolute atomic E-state index is 0.0176. The molecular formula is C11H12N2O5. The summed E-state index contributed by atoms with van der Waals surface area (Å²) in [5.41, 5.74) is 0.297. The molecule has 7 heteroatoms. The lowest BCUT2D eigenvalue weighted by molar-refractivity contribution is -0.385. The highest BCUT2D eigenvalue weighted by molar-refractivity contribution is 5.96. The van der Waals surface area contributed by atoms with E-state index >= 15 is 0 Å². The van der Waals surface area contributed by atoms with Gasteiger partial charge in [0.15, 0.2) is 0 Å². The highest BCUT2D eigenvalue weighted by Gasteiger charge is 2.17. The van der Waals surface area contributed by atoms with Crippen LogP contribution >= 0.6 is 0 Å². The fourth-order valence-electron chi connectivity index (χ4n) is 1.45. The standard InChI is InChI=1S/C11H12N2O5/c1-7-8(3-2-4-9(7)13(17)18)11(16)12-6-5-10(14)15/h2-4H,5-6H2,1H3,(H,12,16)(H,14,15). The first-order valence-electron chi connectivity index (χ1n) is 5.17. The van der Waals surface area contributed by atoms with Crippen LogP contribution in [0.1, 0.15) is 22.3 Å². The van der Waals surface area contributed by atoms with E-state index in [1.807, 2.05) is 0 Å². The Morgan fingerprint density at radius 1 is 1.44 bits per heavy atom. The van der Waals surface area contributed by atoms with E-state index in [-0.39, 0.29) is 29.8 Å². The highest BCUT2D eigenvalue weighted by Crippen LogP contribution is 2.20. The van der Waals surface area contributed by atoms with Gasteiger partial charge in [0.2, 0.25) is 0 Å². The van der Waals surface area contributed by atoms with E-state index in [4.69, 9.17) is 5.11 Å². The van der Waals surface area contributed by atoms with Crippen LogP contribution in [0.4, 0.5) is 5.69 Å². The molecule has 0 saturated carbocycles. The smallest absolute Gasteiger partial charge is 0.305 e. The van der Waals surface area contributed by atoms with Gasteiger partial charge in [-0.2, -0.15) is 0 Å². The zero-order chi connectivity index (χ0) is 13.7. The molecular weight excluding hydrogens is 240 g/mol. The average Bonchev–Trinajstić information content (AvgIpc) is 2.28. The second-order valence-corrected chi connectivity index (χ2v) is 3.61. The number of carboxylic acid groups (broad SMARTS) is 1. The van der Waals surface area contributed by atoms with Gasteiger partial charge in [-0.15, -0.1) is 0 Å². The Labute approximate surface area is 103 Å². The largest absolute Gasteiger partial charge is 0.481 e.